The molecule has 0 fully saturated rings. The quantitative estimate of drug-likeness (QED) is 0.732. The van der Waals surface area contributed by atoms with Crippen molar-refractivity contribution in [3.63, 3.8) is 0 Å². The molecule has 0 spiro atoms. The van der Waals surface area contributed by atoms with E-state index < -0.39 is 0 Å². The number of amides is 2. The number of aromatic nitrogens is 4. The molecule has 8 heteroatoms. The van der Waals surface area contributed by atoms with Crippen LogP contribution in [-0.4, -0.2) is 31.9 Å². The number of benzene rings is 1. The average Bonchev–Trinajstić information content (AvgIpc) is 2.91. The molecule has 8 nitrogen and oxygen atoms in total. The zero-order valence-corrected chi connectivity index (χ0v) is 14.6. The molecule has 2 N–H and O–H groups in total. The normalized spacial score (nSPS) is 10.5. The van der Waals surface area contributed by atoms with E-state index >= 15 is 0 Å². The number of carbonyl (C=O) groups is 1. The predicted octanol–water partition coefficient (Wildman–Crippen LogP) is 1.77. The fourth-order valence-corrected chi connectivity index (χ4v) is 2.55. The van der Waals surface area contributed by atoms with Gasteiger partial charge in [-0.1, -0.05) is 12.1 Å². The second kappa shape index (κ2) is 7.64. The summed E-state index contributed by atoms with van der Waals surface area (Å²) < 4.78 is 2.79. The Bertz CT molecular complexity index is 961. The number of rotatable bonds is 5. The number of aryl methyl sites for hydroxylation is 1. The maximum Gasteiger partial charge on any atom is 0.345 e. The summed E-state index contributed by atoms with van der Waals surface area (Å²) >= 11 is 0. The van der Waals surface area contributed by atoms with Crippen LogP contribution in [0, 0.1) is 6.92 Å². The largest absolute Gasteiger partial charge is 0.345 e. The lowest BCUT2D eigenvalue weighted by molar-refractivity contribution is 0.251. The minimum absolute atomic E-state index is 0.246. The third-order valence-corrected chi connectivity index (χ3v) is 3.85. The van der Waals surface area contributed by atoms with Gasteiger partial charge in [-0.05, 0) is 36.8 Å². The van der Waals surface area contributed by atoms with Crippen LogP contribution in [0.25, 0.3) is 11.4 Å². The molecule has 0 bridgehead atoms. The van der Waals surface area contributed by atoms with Crippen LogP contribution < -0.4 is 16.3 Å². The summed E-state index contributed by atoms with van der Waals surface area (Å²) in [6.45, 7) is 2.51. The molecule has 1 aromatic carbocycles. The molecular weight excluding hydrogens is 332 g/mol. The summed E-state index contributed by atoms with van der Waals surface area (Å²) in [5, 5.41) is 9.81. The first-order chi connectivity index (χ1) is 12.5. The summed E-state index contributed by atoms with van der Waals surface area (Å²) in [6, 6.07) is 10.8. The number of nitrogens with one attached hydrogen (secondary N) is 2. The lowest BCUT2D eigenvalue weighted by Gasteiger charge is -2.07. The molecule has 26 heavy (non-hydrogen) atoms. The van der Waals surface area contributed by atoms with E-state index in [1.165, 1.54) is 9.25 Å². The summed E-state index contributed by atoms with van der Waals surface area (Å²) in [5.74, 6) is 0.535. The maximum atomic E-state index is 12.3. The number of hydrogen-bond acceptors (Lipinski definition) is 4. The highest BCUT2D eigenvalue weighted by molar-refractivity contribution is 5.89. The second-order valence-electron chi connectivity index (χ2n) is 5.88. The highest BCUT2D eigenvalue weighted by atomic mass is 16.2. The van der Waals surface area contributed by atoms with Crippen LogP contribution in [0.4, 0.5) is 10.5 Å². The molecule has 134 valence electrons. The van der Waals surface area contributed by atoms with Crippen molar-refractivity contribution in [1.82, 2.24) is 24.6 Å². The Morgan fingerprint density at radius 1 is 1.23 bits per heavy atom. The summed E-state index contributed by atoms with van der Waals surface area (Å²) in [4.78, 5) is 28.3. The third-order valence-electron chi connectivity index (χ3n) is 3.85. The van der Waals surface area contributed by atoms with Crippen molar-refractivity contribution in [2.75, 3.05) is 11.9 Å². The molecule has 0 unspecified atom stereocenters. The van der Waals surface area contributed by atoms with Gasteiger partial charge in [-0.3, -0.25) is 9.55 Å². The van der Waals surface area contributed by atoms with Crippen molar-refractivity contribution in [2.45, 2.75) is 13.5 Å². The number of nitrogens with zero attached hydrogens (tertiary/aromatic N) is 4. The molecule has 0 radical (unpaired) electrons. The molecule has 0 saturated heterocycles. The molecular formula is C18H20N6O2. The fraction of sp³-hybridized carbons (Fsp3) is 0.222. The van der Waals surface area contributed by atoms with E-state index in [2.05, 4.69) is 20.7 Å². The lowest BCUT2D eigenvalue weighted by atomic mass is 10.2. The van der Waals surface area contributed by atoms with Crippen LogP contribution in [0.5, 0.6) is 0 Å². The van der Waals surface area contributed by atoms with Crippen molar-refractivity contribution >= 4 is 11.7 Å². The van der Waals surface area contributed by atoms with Crippen LogP contribution in [-0.2, 0) is 13.6 Å². The van der Waals surface area contributed by atoms with Crippen LogP contribution in [0.15, 0.2) is 53.6 Å². The van der Waals surface area contributed by atoms with Gasteiger partial charge in [-0.2, -0.15) is 0 Å². The summed E-state index contributed by atoms with van der Waals surface area (Å²) in [6.07, 6.45) is 3.31. The molecule has 0 atom stereocenters. The van der Waals surface area contributed by atoms with Crippen molar-refractivity contribution in [1.29, 1.82) is 0 Å². The van der Waals surface area contributed by atoms with E-state index in [0.29, 0.717) is 5.82 Å². The van der Waals surface area contributed by atoms with Crippen molar-refractivity contribution < 1.29 is 4.79 Å². The average molecular weight is 352 g/mol. The van der Waals surface area contributed by atoms with Gasteiger partial charge < -0.3 is 10.6 Å². The number of hydrogen-bond donors (Lipinski definition) is 2. The molecule has 3 aromatic rings. The highest BCUT2D eigenvalue weighted by Crippen LogP contribution is 2.12. The molecule has 2 aromatic heterocycles. The molecule has 0 aliphatic carbocycles. The first-order valence-corrected chi connectivity index (χ1v) is 8.20. The van der Waals surface area contributed by atoms with Crippen molar-refractivity contribution in [3.8, 4) is 11.4 Å². The Balaban J connectivity index is 1.60. The van der Waals surface area contributed by atoms with Crippen LogP contribution in [0.1, 0.15) is 5.56 Å². The first kappa shape index (κ1) is 17.4. The van der Waals surface area contributed by atoms with E-state index in [-0.39, 0.29) is 24.8 Å². The number of urea groups is 1. The summed E-state index contributed by atoms with van der Waals surface area (Å²) in [5.41, 5.74) is 2.29. The Kier molecular flexibility index (Phi) is 5.12. The van der Waals surface area contributed by atoms with Gasteiger partial charge >= 0.3 is 11.7 Å². The number of carbonyl (C=O) groups excluding carboxylic acids is 1. The predicted molar refractivity (Wildman–Crippen MR) is 98.9 cm³/mol. The van der Waals surface area contributed by atoms with Crippen molar-refractivity contribution in [3.05, 3.63) is 64.8 Å². The van der Waals surface area contributed by atoms with E-state index in [1.807, 2.05) is 37.3 Å². The van der Waals surface area contributed by atoms with Crippen LogP contribution >= 0.6 is 0 Å². The van der Waals surface area contributed by atoms with Gasteiger partial charge in [-0.25, -0.2) is 14.3 Å². The van der Waals surface area contributed by atoms with Crippen LogP contribution in [0.3, 0.4) is 0 Å². The third kappa shape index (κ3) is 3.97. The van der Waals surface area contributed by atoms with E-state index in [1.54, 1.807) is 25.5 Å². The maximum absolute atomic E-state index is 12.3. The smallest absolute Gasteiger partial charge is 0.336 e. The molecule has 0 saturated carbocycles. The zero-order valence-electron chi connectivity index (χ0n) is 14.6. The summed E-state index contributed by atoms with van der Waals surface area (Å²) in [7, 11) is 1.66. The topological polar surface area (TPSA) is 93.8 Å². The fourth-order valence-electron chi connectivity index (χ4n) is 2.55. The van der Waals surface area contributed by atoms with E-state index in [4.69, 9.17) is 0 Å². The zero-order chi connectivity index (χ0) is 18.5. The number of pyridine rings is 1. The van der Waals surface area contributed by atoms with Crippen LogP contribution in [0.2, 0.25) is 0 Å². The van der Waals surface area contributed by atoms with E-state index in [9.17, 15) is 9.59 Å². The van der Waals surface area contributed by atoms with Gasteiger partial charge in [0.25, 0.3) is 0 Å². The standard InChI is InChI=1S/C18H20N6O2/c1-13-5-3-7-15(11-13)21-17(25)20-9-10-24-18(26)23(2)16(22-24)14-6-4-8-19-12-14/h3-8,11-12H,9-10H2,1-2H3,(H2,20,21,25). The van der Waals surface area contributed by atoms with E-state index in [0.717, 1.165) is 16.8 Å². The van der Waals surface area contributed by atoms with Gasteiger partial charge in [0, 0.05) is 37.2 Å². The Hall–Kier alpha value is -3.42. The minimum atomic E-state index is -0.327. The lowest BCUT2D eigenvalue weighted by Crippen LogP contribution is -2.34. The Morgan fingerprint density at radius 3 is 2.81 bits per heavy atom. The monoisotopic (exact) mass is 352 g/mol. The Morgan fingerprint density at radius 2 is 2.08 bits per heavy atom. The van der Waals surface area contributed by atoms with Gasteiger partial charge in [0.2, 0.25) is 0 Å². The van der Waals surface area contributed by atoms with Gasteiger partial charge in [-0.15, -0.1) is 5.10 Å². The Labute approximate surface area is 150 Å². The SMILES string of the molecule is Cc1cccc(NC(=O)NCCn2nc(-c3cccnc3)n(C)c2=O)c1. The first-order valence-electron chi connectivity index (χ1n) is 8.20. The molecule has 0 aliphatic rings. The minimum Gasteiger partial charge on any atom is -0.336 e. The van der Waals surface area contributed by atoms with Gasteiger partial charge in [0.05, 0.1) is 6.54 Å². The highest BCUT2D eigenvalue weighted by Gasteiger charge is 2.12. The second-order valence-corrected chi connectivity index (χ2v) is 5.88. The number of anilines is 1. The molecule has 0 aliphatic heterocycles. The van der Waals surface area contributed by atoms with Gasteiger partial charge in [0.1, 0.15) is 0 Å². The molecule has 2 amide bonds. The molecule has 3 rings (SSSR count). The van der Waals surface area contributed by atoms with Crippen molar-refractivity contribution in [2.24, 2.45) is 7.05 Å². The van der Waals surface area contributed by atoms with Gasteiger partial charge in [0.15, 0.2) is 5.82 Å². The molecule has 2 heterocycles.